The first kappa shape index (κ1) is 13.1. The van der Waals surface area contributed by atoms with E-state index in [4.69, 9.17) is 0 Å². The van der Waals surface area contributed by atoms with Crippen molar-refractivity contribution in [2.75, 3.05) is 0 Å². The second kappa shape index (κ2) is 4.55. The number of hydrogen-bond acceptors (Lipinski definition) is 2. The van der Waals surface area contributed by atoms with Crippen LogP contribution in [-0.2, 0) is 0 Å². The first-order valence-corrected chi connectivity index (χ1v) is 7.72. The van der Waals surface area contributed by atoms with Crippen LogP contribution in [0, 0.1) is 0 Å². The Hall–Kier alpha value is -3.40. The molecule has 0 bridgehead atoms. The van der Waals surface area contributed by atoms with E-state index in [1.165, 1.54) is 0 Å². The highest BCUT2D eigenvalue weighted by molar-refractivity contribution is 6.05. The third-order valence-electron chi connectivity index (χ3n) is 4.63. The Bertz CT molecular complexity index is 1190. The Morgan fingerprint density at radius 2 is 1.00 bits per heavy atom. The second-order valence-corrected chi connectivity index (χ2v) is 5.90. The van der Waals surface area contributed by atoms with E-state index in [2.05, 4.69) is 9.97 Å². The molecular formula is C20H12N2O2. The zero-order valence-corrected chi connectivity index (χ0v) is 12.6. The number of hydrogen-bond donors (Lipinski definition) is 2. The van der Waals surface area contributed by atoms with E-state index in [0.717, 1.165) is 32.9 Å². The lowest BCUT2D eigenvalue weighted by atomic mass is 9.89. The lowest BCUT2D eigenvalue weighted by Gasteiger charge is -2.10. The van der Waals surface area contributed by atoms with Crippen molar-refractivity contribution in [2.45, 2.75) is 0 Å². The Morgan fingerprint density at radius 1 is 0.583 bits per heavy atom. The third-order valence-corrected chi connectivity index (χ3v) is 4.63. The van der Waals surface area contributed by atoms with Crippen molar-refractivity contribution in [1.82, 2.24) is 9.97 Å². The Kier molecular flexibility index (Phi) is 2.48. The fourth-order valence-electron chi connectivity index (χ4n) is 3.46. The molecule has 0 amide bonds. The number of rotatable bonds is 2. The van der Waals surface area contributed by atoms with Crippen LogP contribution < -0.4 is 10.9 Å². The number of aromatic nitrogens is 2. The molecule has 3 aromatic carbocycles. The predicted molar refractivity (Wildman–Crippen MR) is 95.9 cm³/mol. The summed E-state index contributed by atoms with van der Waals surface area (Å²) >= 11 is 0. The van der Waals surface area contributed by atoms with Crippen molar-refractivity contribution in [1.29, 1.82) is 0 Å². The highest BCUT2D eigenvalue weighted by Crippen LogP contribution is 2.36. The van der Waals surface area contributed by atoms with Gasteiger partial charge in [0.1, 0.15) is 0 Å². The summed E-state index contributed by atoms with van der Waals surface area (Å²) < 4.78 is 0. The van der Waals surface area contributed by atoms with Gasteiger partial charge in [-0.05, 0) is 12.1 Å². The molecule has 5 rings (SSSR count). The van der Waals surface area contributed by atoms with Gasteiger partial charge in [-0.25, -0.2) is 0 Å². The van der Waals surface area contributed by atoms with Crippen molar-refractivity contribution in [2.24, 2.45) is 0 Å². The molecule has 2 aromatic heterocycles. The highest BCUT2D eigenvalue weighted by atomic mass is 16.2. The summed E-state index contributed by atoms with van der Waals surface area (Å²) in [7, 11) is 0. The number of fused-ring (bicyclic) bond motifs is 2. The van der Waals surface area contributed by atoms with E-state index < -0.39 is 10.9 Å². The average molecular weight is 312 g/mol. The van der Waals surface area contributed by atoms with E-state index in [9.17, 15) is 9.59 Å². The summed E-state index contributed by atoms with van der Waals surface area (Å²) in [6.45, 7) is 0. The summed E-state index contributed by atoms with van der Waals surface area (Å²) in [5, 5.41) is 1.90. The van der Waals surface area contributed by atoms with Gasteiger partial charge in [-0.15, -0.1) is 0 Å². The van der Waals surface area contributed by atoms with Gasteiger partial charge in [0.15, 0.2) is 0 Å². The number of para-hydroxylation sites is 2. The maximum absolute atomic E-state index is 12.3. The van der Waals surface area contributed by atoms with Crippen LogP contribution >= 0.6 is 0 Å². The largest absolute Gasteiger partial charge is 0.361 e. The molecule has 0 atom stereocenters. The Balaban J connectivity index is 1.83. The molecule has 0 aliphatic carbocycles. The van der Waals surface area contributed by atoms with E-state index in [0.29, 0.717) is 11.1 Å². The monoisotopic (exact) mass is 312 g/mol. The molecular weight excluding hydrogens is 300 g/mol. The lowest BCUT2D eigenvalue weighted by Crippen LogP contribution is -2.34. The van der Waals surface area contributed by atoms with Crippen molar-refractivity contribution in [3.63, 3.8) is 0 Å². The number of H-pyrrole nitrogens is 2. The minimum Gasteiger partial charge on any atom is -0.361 e. The molecule has 2 heterocycles. The number of aromatic amines is 2. The molecule has 2 N–H and O–H groups in total. The van der Waals surface area contributed by atoms with E-state index >= 15 is 0 Å². The lowest BCUT2D eigenvalue weighted by molar-refractivity contribution is 1.39. The van der Waals surface area contributed by atoms with Crippen LogP contribution in [0.25, 0.3) is 44.1 Å². The van der Waals surface area contributed by atoms with Gasteiger partial charge in [-0.3, -0.25) is 9.59 Å². The van der Waals surface area contributed by atoms with Crippen molar-refractivity contribution in [3.05, 3.63) is 81.4 Å². The van der Waals surface area contributed by atoms with Crippen LogP contribution in [0.5, 0.6) is 0 Å². The smallest absolute Gasteiger partial charge is 0.235 e. The summed E-state index contributed by atoms with van der Waals surface area (Å²) in [5.74, 6) is 0. The van der Waals surface area contributed by atoms with Crippen LogP contribution in [0.1, 0.15) is 0 Å². The summed E-state index contributed by atoms with van der Waals surface area (Å²) in [6, 6.07) is 15.5. The van der Waals surface area contributed by atoms with Crippen molar-refractivity contribution in [3.8, 4) is 22.3 Å². The third kappa shape index (κ3) is 1.57. The molecule has 114 valence electrons. The Morgan fingerprint density at radius 3 is 1.46 bits per heavy atom. The van der Waals surface area contributed by atoms with E-state index in [1.807, 2.05) is 48.5 Å². The number of nitrogens with one attached hydrogen (secondary N) is 2. The normalized spacial score (nSPS) is 11.7. The summed E-state index contributed by atoms with van der Waals surface area (Å²) in [6.07, 6.45) is 3.61. The molecule has 0 aliphatic heterocycles. The fourth-order valence-corrected chi connectivity index (χ4v) is 3.46. The van der Waals surface area contributed by atoms with E-state index in [1.54, 1.807) is 12.4 Å². The van der Waals surface area contributed by atoms with Crippen LogP contribution in [0.3, 0.4) is 0 Å². The average Bonchev–Trinajstić information content (AvgIpc) is 3.23. The minimum atomic E-state index is -0.417. The minimum absolute atomic E-state index is 0.417. The van der Waals surface area contributed by atoms with Crippen LogP contribution in [0.2, 0.25) is 0 Å². The molecule has 4 heteroatoms. The first-order chi connectivity index (χ1) is 11.8. The molecule has 4 nitrogen and oxygen atoms in total. The predicted octanol–water partition coefficient (Wildman–Crippen LogP) is 3.58. The second-order valence-electron chi connectivity index (χ2n) is 5.90. The van der Waals surface area contributed by atoms with Gasteiger partial charge >= 0.3 is 0 Å². The van der Waals surface area contributed by atoms with Gasteiger partial charge in [0, 0.05) is 56.5 Å². The molecule has 0 fully saturated rings. The van der Waals surface area contributed by atoms with Crippen LogP contribution in [0.15, 0.2) is 70.5 Å². The highest BCUT2D eigenvalue weighted by Gasteiger charge is 2.26. The molecule has 0 unspecified atom stereocenters. The van der Waals surface area contributed by atoms with Gasteiger partial charge < -0.3 is 9.97 Å². The van der Waals surface area contributed by atoms with Crippen LogP contribution in [0.4, 0.5) is 0 Å². The van der Waals surface area contributed by atoms with Crippen molar-refractivity contribution < 1.29 is 0 Å². The molecule has 0 saturated heterocycles. The standard InChI is InChI=1S/C20H12N2O2/c23-19-17(13-9-21-15-7-3-1-5-11(13)15)18(20(19)24)14-10-22-16-8-4-2-6-12(14)16/h1-10,21-22H. The maximum atomic E-state index is 12.3. The van der Waals surface area contributed by atoms with Crippen molar-refractivity contribution >= 4 is 21.8 Å². The first-order valence-electron chi connectivity index (χ1n) is 7.72. The molecule has 0 aliphatic rings. The number of benzene rings is 2. The topological polar surface area (TPSA) is 65.7 Å². The maximum Gasteiger partial charge on any atom is 0.235 e. The SMILES string of the molecule is O=c1c(-c2c[nH]c3ccccc23)c(-c2c[nH]c3ccccc23)c1=O. The van der Waals surface area contributed by atoms with Gasteiger partial charge in [-0.1, -0.05) is 36.4 Å². The van der Waals surface area contributed by atoms with Gasteiger partial charge in [0.05, 0.1) is 0 Å². The van der Waals surface area contributed by atoms with Gasteiger partial charge in [-0.2, -0.15) is 0 Å². The summed E-state index contributed by atoms with van der Waals surface area (Å²) in [5.41, 5.74) is 3.64. The zero-order chi connectivity index (χ0) is 16.3. The summed E-state index contributed by atoms with van der Waals surface area (Å²) in [4.78, 5) is 31.0. The quantitative estimate of drug-likeness (QED) is 0.489. The Labute approximate surface area is 136 Å². The molecule has 24 heavy (non-hydrogen) atoms. The van der Waals surface area contributed by atoms with Crippen LogP contribution in [-0.4, -0.2) is 9.97 Å². The molecule has 5 aromatic rings. The fraction of sp³-hybridized carbons (Fsp3) is 0. The molecule has 0 saturated carbocycles. The van der Waals surface area contributed by atoms with E-state index in [-0.39, 0.29) is 0 Å². The zero-order valence-electron chi connectivity index (χ0n) is 12.6. The van der Waals surface area contributed by atoms with Gasteiger partial charge in [0.25, 0.3) is 0 Å². The molecule has 0 spiro atoms. The van der Waals surface area contributed by atoms with Gasteiger partial charge in [0.2, 0.25) is 10.9 Å². The molecule has 0 radical (unpaired) electrons.